The van der Waals surface area contributed by atoms with E-state index >= 15 is 0 Å². The minimum Gasteiger partial charge on any atom is -0.481 e. The number of carboxylic acid groups (broad SMARTS) is 1. The largest absolute Gasteiger partial charge is 0.481 e. The van der Waals surface area contributed by atoms with Crippen molar-refractivity contribution >= 4 is 11.8 Å². The molecule has 0 saturated heterocycles. The standard InChI is InChI=1S/C12H14O3/c1-8-3-4-10(7-12(14)15)6-11(8)5-9(2)13/h3-4,6H,5,7H2,1-2H3,(H,14,15). The van der Waals surface area contributed by atoms with Gasteiger partial charge >= 0.3 is 5.97 Å². The molecule has 1 rings (SSSR count). The van der Waals surface area contributed by atoms with Gasteiger partial charge in [-0.25, -0.2) is 0 Å². The third kappa shape index (κ3) is 3.54. The summed E-state index contributed by atoms with van der Waals surface area (Å²) in [5.74, 6) is -0.766. The Balaban J connectivity index is 2.94. The minimum atomic E-state index is -0.854. The maximum atomic E-state index is 11.0. The summed E-state index contributed by atoms with van der Waals surface area (Å²) >= 11 is 0. The molecular formula is C12H14O3. The van der Waals surface area contributed by atoms with E-state index in [1.54, 1.807) is 12.1 Å². The van der Waals surface area contributed by atoms with Gasteiger partial charge in [0.2, 0.25) is 0 Å². The maximum absolute atomic E-state index is 11.0. The van der Waals surface area contributed by atoms with Crippen molar-refractivity contribution in [1.82, 2.24) is 0 Å². The molecule has 0 aliphatic rings. The van der Waals surface area contributed by atoms with Crippen LogP contribution < -0.4 is 0 Å². The number of aryl methyl sites for hydroxylation is 1. The topological polar surface area (TPSA) is 54.4 Å². The number of Topliss-reactive ketones (excluding diaryl/α,β-unsaturated/α-hetero) is 1. The van der Waals surface area contributed by atoms with Gasteiger partial charge in [0.25, 0.3) is 0 Å². The predicted molar refractivity (Wildman–Crippen MR) is 56.9 cm³/mol. The molecule has 0 heterocycles. The number of benzene rings is 1. The molecule has 0 unspecified atom stereocenters. The van der Waals surface area contributed by atoms with Crippen LogP contribution in [0, 0.1) is 6.92 Å². The van der Waals surface area contributed by atoms with Crippen LogP contribution in [-0.4, -0.2) is 16.9 Å². The number of carbonyl (C=O) groups excluding carboxylic acids is 1. The first-order valence-electron chi connectivity index (χ1n) is 4.78. The molecule has 0 bridgehead atoms. The average molecular weight is 206 g/mol. The van der Waals surface area contributed by atoms with Crippen LogP contribution in [-0.2, 0) is 22.4 Å². The molecule has 0 aliphatic carbocycles. The first-order chi connectivity index (χ1) is 6.99. The van der Waals surface area contributed by atoms with E-state index in [4.69, 9.17) is 5.11 Å². The molecule has 1 aromatic rings. The molecule has 0 spiro atoms. The first-order valence-corrected chi connectivity index (χ1v) is 4.78. The van der Waals surface area contributed by atoms with E-state index in [-0.39, 0.29) is 12.2 Å². The summed E-state index contributed by atoms with van der Waals surface area (Å²) in [6, 6.07) is 5.44. The van der Waals surface area contributed by atoms with Gasteiger partial charge in [-0.15, -0.1) is 0 Å². The second-order valence-corrected chi connectivity index (χ2v) is 3.71. The van der Waals surface area contributed by atoms with Crippen LogP contribution in [0.15, 0.2) is 18.2 Å². The molecule has 0 saturated carbocycles. The summed E-state index contributed by atoms with van der Waals surface area (Å²) in [6.07, 6.45) is 0.379. The number of aliphatic carboxylic acids is 1. The van der Waals surface area contributed by atoms with Gasteiger partial charge in [0.15, 0.2) is 0 Å². The van der Waals surface area contributed by atoms with Crippen LogP contribution in [0.5, 0.6) is 0 Å². The van der Waals surface area contributed by atoms with Crippen molar-refractivity contribution in [3.8, 4) is 0 Å². The lowest BCUT2D eigenvalue weighted by molar-refractivity contribution is -0.136. The highest BCUT2D eigenvalue weighted by Gasteiger charge is 2.05. The van der Waals surface area contributed by atoms with Gasteiger partial charge in [0.1, 0.15) is 5.78 Å². The fraction of sp³-hybridized carbons (Fsp3) is 0.333. The molecule has 0 atom stereocenters. The van der Waals surface area contributed by atoms with E-state index in [1.165, 1.54) is 6.92 Å². The quantitative estimate of drug-likeness (QED) is 0.816. The number of hydrogen-bond acceptors (Lipinski definition) is 2. The zero-order chi connectivity index (χ0) is 11.4. The molecule has 1 N–H and O–H groups in total. The highest BCUT2D eigenvalue weighted by molar-refractivity contribution is 5.78. The van der Waals surface area contributed by atoms with Gasteiger partial charge in [-0.1, -0.05) is 18.2 Å². The molecule has 0 aromatic heterocycles. The highest BCUT2D eigenvalue weighted by Crippen LogP contribution is 2.12. The summed E-state index contributed by atoms with van der Waals surface area (Å²) in [7, 11) is 0. The summed E-state index contributed by atoms with van der Waals surface area (Å²) in [6.45, 7) is 3.45. The van der Waals surface area contributed by atoms with Crippen molar-refractivity contribution in [2.24, 2.45) is 0 Å². The number of carboxylic acids is 1. The summed E-state index contributed by atoms with van der Waals surface area (Å²) < 4.78 is 0. The average Bonchev–Trinajstić information content (AvgIpc) is 2.09. The molecular weight excluding hydrogens is 192 g/mol. The Hall–Kier alpha value is -1.64. The molecule has 3 nitrogen and oxygen atoms in total. The van der Waals surface area contributed by atoms with Gasteiger partial charge in [0, 0.05) is 6.42 Å². The van der Waals surface area contributed by atoms with Gasteiger partial charge in [-0.2, -0.15) is 0 Å². The van der Waals surface area contributed by atoms with Crippen molar-refractivity contribution < 1.29 is 14.7 Å². The number of carbonyl (C=O) groups is 2. The second kappa shape index (κ2) is 4.73. The van der Waals surface area contributed by atoms with Crippen LogP contribution in [0.25, 0.3) is 0 Å². The molecule has 0 aliphatic heterocycles. The predicted octanol–water partition coefficient (Wildman–Crippen LogP) is 1.75. The third-order valence-corrected chi connectivity index (χ3v) is 2.21. The normalized spacial score (nSPS) is 10.0. The summed E-state index contributed by atoms with van der Waals surface area (Å²) in [5.41, 5.74) is 2.69. The Bertz CT molecular complexity index is 394. The monoisotopic (exact) mass is 206 g/mol. The summed E-state index contributed by atoms with van der Waals surface area (Å²) in [4.78, 5) is 21.5. The smallest absolute Gasteiger partial charge is 0.307 e. The van der Waals surface area contributed by atoms with E-state index < -0.39 is 5.97 Å². The van der Waals surface area contributed by atoms with Crippen LogP contribution >= 0.6 is 0 Å². The van der Waals surface area contributed by atoms with E-state index in [0.29, 0.717) is 6.42 Å². The highest BCUT2D eigenvalue weighted by atomic mass is 16.4. The van der Waals surface area contributed by atoms with Crippen molar-refractivity contribution in [3.63, 3.8) is 0 Å². The Morgan fingerprint density at radius 3 is 2.47 bits per heavy atom. The van der Waals surface area contributed by atoms with E-state index in [2.05, 4.69) is 0 Å². The van der Waals surface area contributed by atoms with Crippen LogP contribution in [0.4, 0.5) is 0 Å². The molecule has 0 radical (unpaired) electrons. The van der Waals surface area contributed by atoms with Gasteiger partial charge in [-0.3, -0.25) is 9.59 Å². The molecule has 0 fully saturated rings. The minimum absolute atomic E-state index is 0.00514. The van der Waals surface area contributed by atoms with Gasteiger partial charge in [0.05, 0.1) is 6.42 Å². The van der Waals surface area contributed by atoms with E-state index in [0.717, 1.165) is 16.7 Å². The van der Waals surface area contributed by atoms with Gasteiger partial charge in [-0.05, 0) is 30.5 Å². The number of ketones is 1. The Morgan fingerprint density at radius 1 is 1.27 bits per heavy atom. The van der Waals surface area contributed by atoms with Gasteiger partial charge < -0.3 is 5.11 Å². The molecule has 3 heteroatoms. The number of rotatable bonds is 4. The molecule has 80 valence electrons. The third-order valence-electron chi connectivity index (χ3n) is 2.21. The SMILES string of the molecule is CC(=O)Cc1cc(CC(=O)O)ccc1C. The molecule has 0 amide bonds. The van der Waals surface area contributed by atoms with Crippen molar-refractivity contribution in [1.29, 1.82) is 0 Å². The lowest BCUT2D eigenvalue weighted by Gasteiger charge is -2.05. The molecule has 1 aromatic carbocycles. The van der Waals surface area contributed by atoms with E-state index in [1.807, 2.05) is 13.0 Å². The maximum Gasteiger partial charge on any atom is 0.307 e. The lowest BCUT2D eigenvalue weighted by atomic mass is 9.99. The van der Waals surface area contributed by atoms with E-state index in [9.17, 15) is 9.59 Å². The van der Waals surface area contributed by atoms with Crippen molar-refractivity contribution in [3.05, 3.63) is 34.9 Å². The van der Waals surface area contributed by atoms with Crippen molar-refractivity contribution in [2.75, 3.05) is 0 Å². The van der Waals surface area contributed by atoms with Crippen molar-refractivity contribution in [2.45, 2.75) is 26.7 Å². The first kappa shape index (κ1) is 11.4. The fourth-order valence-electron chi connectivity index (χ4n) is 1.47. The number of hydrogen-bond donors (Lipinski definition) is 1. The Kier molecular flexibility index (Phi) is 3.61. The molecule has 15 heavy (non-hydrogen) atoms. The van der Waals surface area contributed by atoms with Crippen LogP contribution in [0.2, 0.25) is 0 Å². The lowest BCUT2D eigenvalue weighted by Crippen LogP contribution is -2.03. The zero-order valence-electron chi connectivity index (χ0n) is 8.91. The Labute approximate surface area is 88.7 Å². The Morgan fingerprint density at radius 2 is 1.93 bits per heavy atom. The fourth-order valence-corrected chi connectivity index (χ4v) is 1.47. The summed E-state index contributed by atoms with van der Waals surface area (Å²) in [5, 5.41) is 8.64. The second-order valence-electron chi connectivity index (χ2n) is 3.71. The zero-order valence-corrected chi connectivity index (χ0v) is 8.91. The van der Waals surface area contributed by atoms with Crippen LogP contribution in [0.1, 0.15) is 23.6 Å². The van der Waals surface area contributed by atoms with Crippen LogP contribution in [0.3, 0.4) is 0 Å².